The number of halogens is 1. The highest BCUT2D eigenvalue weighted by atomic mass is 79.9. The molecular weight excluding hydrogens is 442 g/mol. The highest BCUT2D eigenvalue weighted by Gasteiger charge is 2.61. The van der Waals surface area contributed by atoms with E-state index in [1.807, 2.05) is 12.1 Å². The fraction of sp³-hybridized carbons (Fsp3) is 0.345. The Bertz CT molecular complexity index is 1250. The number of nitriles is 1. The molecule has 152 valence electrons. The molecule has 1 spiro atoms. The van der Waals surface area contributed by atoms with Gasteiger partial charge in [-0.05, 0) is 102 Å². The van der Waals surface area contributed by atoms with E-state index in [0.717, 1.165) is 34.8 Å². The average molecular weight is 466 g/mol. The minimum atomic E-state index is 0.152. The zero-order valence-corrected chi connectivity index (χ0v) is 19.0. The summed E-state index contributed by atoms with van der Waals surface area (Å²) in [4.78, 5) is 0. The summed E-state index contributed by atoms with van der Waals surface area (Å²) in [5, 5.41) is 9.81. The highest BCUT2D eigenvalue weighted by Crippen LogP contribution is 2.70. The lowest BCUT2D eigenvalue weighted by Crippen LogP contribution is -2.55. The summed E-state index contributed by atoms with van der Waals surface area (Å²) >= 11 is 3.80. The molecule has 4 bridgehead atoms. The Kier molecular flexibility index (Phi) is 3.72. The molecule has 0 heterocycles. The van der Waals surface area contributed by atoms with Crippen LogP contribution < -0.4 is 0 Å². The van der Waals surface area contributed by atoms with Gasteiger partial charge in [-0.15, -0.1) is 0 Å². The lowest BCUT2D eigenvalue weighted by Gasteiger charge is -2.61. The van der Waals surface area contributed by atoms with E-state index in [4.69, 9.17) is 0 Å². The molecule has 3 aromatic carbocycles. The van der Waals surface area contributed by atoms with Gasteiger partial charge in [-0.3, -0.25) is 0 Å². The van der Waals surface area contributed by atoms with Crippen LogP contribution in [0.5, 0.6) is 0 Å². The van der Waals surface area contributed by atoms with Gasteiger partial charge in [-0.2, -0.15) is 5.26 Å². The van der Waals surface area contributed by atoms with E-state index < -0.39 is 0 Å². The molecule has 5 aliphatic rings. The Labute approximate surface area is 192 Å². The fourth-order valence-corrected chi connectivity index (χ4v) is 8.62. The molecule has 2 heteroatoms. The summed E-state index contributed by atoms with van der Waals surface area (Å²) in [5.41, 5.74) is 9.09. The molecule has 3 aromatic rings. The molecule has 0 N–H and O–H groups in total. The van der Waals surface area contributed by atoms with Crippen LogP contribution in [0.25, 0.3) is 22.3 Å². The lowest BCUT2D eigenvalue weighted by atomic mass is 9.43. The Morgan fingerprint density at radius 3 is 2.19 bits per heavy atom. The Morgan fingerprint density at radius 2 is 1.45 bits per heavy atom. The smallest absolute Gasteiger partial charge is 0.0998 e. The molecule has 0 unspecified atom stereocenters. The Hall–Kier alpha value is -2.37. The normalized spacial score (nSPS) is 31.5. The molecule has 31 heavy (non-hydrogen) atoms. The first-order valence-electron chi connectivity index (χ1n) is 11.6. The quantitative estimate of drug-likeness (QED) is 0.360. The number of benzene rings is 3. The first kappa shape index (κ1) is 18.2. The molecule has 1 nitrogen and oxygen atoms in total. The van der Waals surface area contributed by atoms with Gasteiger partial charge in [0.1, 0.15) is 0 Å². The molecule has 0 amide bonds. The van der Waals surface area contributed by atoms with Crippen molar-refractivity contribution in [3.63, 3.8) is 0 Å². The molecule has 0 saturated heterocycles. The topological polar surface area (TPSA) is 23.8 Å². The van der Waals surface area contributed by atoms with Gasteiger partial charge >= 0.3 is 0 Å². The van der Waals surface area contributed by atoms with Gasteiger partial charge < -0.3 is 0 Å². The van der Waals surface area contributed by atoms with Gasteiger partial charge in [0.15, 0.2) is 0 Å². The van der Waals surface area contributed by atoms with Crippen LogP contribution in [-0.2, 0) is 5.41 Å². The summed E-state index contributed by atoms with van der Waals surface area (Å²) in [6, 6.07) is 24.4. The molecule has 0 atom stereocenters. The van der Waals surface area contributed by atoms with Crippen molar-refractivity contribution in [2.75, 3.05) is 0 Å². The van der Waals surface area contributed by atoms with Crippen LogP contribution in [0.4, 0.5) is 0 Å². The minimum absolute atomic E-state index is 0.152. The Morgan fingerprint density at radius 1 is 0.742 bits per heavy atom. The number of rotatable bonds is 1. The van der Waals surface area contributed by atoms with Gasteiger partial charge in [0, 0.05) is 15.5 Å². The molecule has 0 aliphatic heterocycles. The first-order chi connectivity index (χ1) is 15.2. The molecule has 5 aliphatic carbocycles. The van der Waals surface area contributed by atoms with E-state index in [9.17, 15) is 5.26 Å². The number of nitrogens with zero attached hydrogens (tertiary/aromatic N) is 1. The second-order valence-corrected chi connectivity index (χ2v) is 11.2. The van der Waals surface area contributed by atoms with E-state index in [-0.39, 0.29) is 5.41 Å². The fourth-order valence-electron chi connectivity index (χ4n) is 8.26. The third-order valence-corrected chi connectivity index (χ3v) is 9.46. The second kappa shape index (κ2) is 6.33. The van der Waals surface area contributed by atoms with E-state index >= 15 is 0 Å². The molecular formula is C29H24BrN. The van der Waals surface area contributed by atoms with E-state index in [1.54, 1.807) is 11.1 Å². The van der Waals surface area contributed by atoms with Crippen molar-refractivity contribution in [3.05, 3.63) is 81.8 Å². The second-order valence-electron chi connectivity index (χ2n) is 10.2. The van der Waals surface area contributed by atoms with E-state index in [2.05, 4.69) is 70.5 Å². The zero-order valence-electron chi connectivity index (χ0n) is 17.4. The maximum Gasteiger partial charge on any atom is 0.0998 e. The van der Waals surface area contributed by atoms with Crippen molar-refractivity contribution in [2.45, 2.75) is 37.5 Å². The molecule has 0 radical (unpaired) electrons. The monoisotopic (exact) mass is 465 g/mol. The average Bonchev–Trinajstić information content (AvgIpc) is 3.07. The van der Waals surface area contributed by atoms with Gasteiger partial charge in [-0.1, -0.05) is 58.4 Å². The van der Waals surface area contributed by atoms with Crippen molar-refractivity contribution in [1.29, 1.82) is 5.26 Å². The number of fused-ring (bicyclic) bond motifs is 3. The molecule has 0 aromatic heterocycles. The van der Waals surface area contributed by atoms with Crippen molar-refractivity contribution in [3.8, 4) is 28.3 Å². The lowest BCUT2D eigenvalue weighted by molar-refractivity contribution is -0.0399. The van der Waals surface area contributed by atoms with Crippen LogP contribution in [0.15, 0.2) is 65.1 Å². The number of hydrogen-bond acceptors (Lipinski definition) is 1. The Balaban J connectivity index is 1.56. The largest absolute Gasteiger partial charge is 0.192 e. The minimum Gasteiger partial charge on any atom is -0.192 e. The molecule has 4 fully saturated rings. The van der Waals surface area contributed by atoms with Crippen LogP contribution in [0.1, 0.15) is 48.8 Å². The summed E-state index contributed by atoms with van der Waals surface area (Å²) < 4.78 is 1.19. The summed E-state index contributed by atoms with van der Waals surface area (Å²) in [6.07, 6.45) is 7.01. The maximum absolute atomic E-state index is 9.81. The van der Waals surface area contributed by atoms with Gasteiger partial charge in [0.25, 0.3) is 0 Å². The van der Waals surface area contributed by atoms with Crippen LogP contribution in [0, 0.1) is 35.0 Å². The summed E-state index contributed by atoms with van der Waals surface area (Å²) in [7, 11) is 0. The predicted molar refractivity (Wildman–Crippen MR) is 128 cm³/mol. The number of hydrogen-bond donors (Lipinski definition) is 0. The molecule has 8 rings (SSSR count). The van der Waals surface area contributed by atoms with Crippen molar-refractivity contribution < 1.29 is 0 Å². The van der Waals surface area contributed by atoms with Crippen LogP contribution in [-0.4, -0.2) is 0 Å². The molecule has 4 saturated carbocycles. The van der Waals surface area contributed by atoms with E-state index in [0.29, 0.717) is 0 Å². The van der Waals surface area contributed by atoms with Gasteiger partial charge in [0.2, 0.25) is 0 Å². The van der Waals surface area contributed by atoms with Gasteiger partial charge in [0.05, 0.1) is 11.6 Å². The first-order valence-corrected chi connectivity index (χ1v) is 12.4. The summed E-state index contributed by atoms with van der Waals surface area (Å²) in [6.45, 7) is 0. The third kappa shape index (κ3) is 2.26. The summed E-state index contributed by atoms with van der Waals surface area (Å²) in [5.74, 6) is 3.38. The van der Waals surface area contributed by atoms with Crippen molar-refractivity contribution >= 4 is 15.9 Å². The third-order valence-electron chi connectivity index (χ3n) is 8.97. The SMILES string of the molecule is N#Cc1ccccc1-c1cccc2c1-c1ccc(Br)cc1C21C2CC3CC(C2)CC1C3. The van der Waals surface area contributed by atoms with E-state index in [1.165, 1.54) is 53.3 Å². The maximum atomic E-state index is 9.81. The van der Waals surface area contributed by atoms with Crippen LogP contribution >= 0.6 is 15.9 Å². The van der Waals surface area contributed by atoms with Gasteiger partial charge in [-0.25, -0.2) is 0 Å². The van der Waals surface area contributed by atoms with Crippen LogP contribution in [0.2, 0.25) is 0 Å². The predicted octanol–water partition coefficient (Wildman–Crippen LogP) is 7.71. The van der Waals surface area contributed by atoms with Crippen molar-refractivity contribution in [2.24, 2.45) is 23.7 Å². The van der Waals surface area contributed by atoms with Crippen LogP contribution in [0.3, 0.4) is 0 Å². The standard InChI is InChI=1S/C29H24BrN/c30-22-8-9-25-27(15-22)29(20-11-17-10-18(13-20)14-21(29)12-17)26-7-3-6-24(28(25)26)23-5-2-1-4-19(23)16-31/h1-9,15,17-18,20-21H,10-14H2. The highest BCUT2D eigenvalue weighted by molar-refractivity contribution is 9.10. The zero-order chi connectivity index (χ0) is 20.7. The van der Waals surface area contributed by atoms with Crippen molar-refractivity contribution in [1.82, 2.24) is 0 Å².